The van der Waals surface area contributed by atoms with E-state index >= 15 is 0 Å². The Morgan fingerprint density at radius 1 is 0.852 bits per heavy atom. The van der Waals surface area contributed by atoms with Gasteiger partial charge in [-0.1, -0.05) is 44.9 Å². The van der Waals surface area contributed by atoms with Crippen molar-refractivity contribution in [2.75, 3.05) is 32.7 Å². The van der Waals surface area contributed by atoms with Crippen molar-refractivity contribution < 1.29 is 9.59 Å². The van der Waals surface area contributed by atoms with Gasteiger partial charge in [0.15, 0.2) is 0 Å². The number of rotatable bonds is 6. The third-order valence-corrected chi connectivity index (χ3v) is 7.10. The summed E-state index contributed by atoms with van der Waals surface area (Å²) < 4.78 is 0. The molecule has 0 spiro atoms. The molecule has 3 rings (SSSR count). The molecule has 1 aliphatic heterocycles. The molecular formula is C21H38ClN3O2. The van der Waals surface area contributed by atoms with Gasteiger partial charge >= 0.3 is 0 Å². The Kier molecular flexibility index (Phi) is 8.87. The van der Waals surface area contributed by atoms with Crippen LogP contribution in [0, 0.1) is 11.3 Å². The molecule has 2 N–H and O–H groups in total. The molecule has 2 amide bonds. The maximum atomic E-state index is 12.8. The van der Waals surface area contributed by atoms with Crippen molar-refractivity contribution in [3.63, 3.8) is 0 Å². The summed E-state index contributed by atoms with van der Waals surface area (Å²) in [6.45, 7) is 3.40. The van der Waals surface area contributed by atoms with Gasteiger partial charge in [0.25, 0.3) is 0 Å². The summed E-state index contributed by atoms with van der Waals surface area (Å²) in [5.74, 6) is 1.30. The van der Waals surface area contributed by atoms with Crippen molar-refractivity contribution in [3.8, 4) is 0 Å². The minimum absolute atomic E-state index is 0. The van der Waals surface area contributed by atoms with Gasteiger partial charge in [0.2, 0.25) is 11.8 Å². The predicted octanol–water partition coefficient (Wildman–Crippen LogP) is 3.35. The Hall–Kier alpha value is -0.810. The number of nitrogens with two attached hydrogens (primary N) is 1. The number of piperazine rings is 1. The van der Waals surface area contributed by atoms with Gasteiger partial charge in [-0.3, -0.25) is 9.59 Å². The number of halogens is 1. The summed E-state index contributed by atoms with van der Waals surface area (Å²) in [5, 5.41) is 0. The van der Waals surface area contributed by atoms with E-state index in [4.69, 9.17) is 5.73 Å². The summed E-state index contributed by atoms with van der Waals surface area (Å²) in [4.78, 5) is 29.2. The molecule has 156 valence electrons. The van der Waals surface area contributed by atoms with Crippen molar-refractivity contribution in [1.29, 1.82) is 0 Å². The lowest BCUT2D eigenvalue weighted by Crippen LogP contribution is -2.51. The van der Waals surface area contributed by atoms with E-state index in [1.807, 2.05) is 9.80 Å². The lowest BCUT2D eigenvalue weighted by Gasteiger charge is -2.40. The molecule has 3 aliphatic rings. The number of carbonyl (C=O) groups is 2. The maximum absolute atomic E-state index is 12.8. The van der Waals surface area contributed by atoms with E-state index in [1.54, 1.807) is 0 Å². The third kappa shape index (κ3) is 6.08. The first-order valence-electron chi connectivity index (χ1n) is 10.9. The molecule has 1 heterocycles. The molecule has 0 atom stereocenters. The molecule has 0 aromatic rings. The fraction of sp³-hybridized carbons (Fsp3) is 0.905. The average molecular weight is 400 g/mol. The van der Waals surface area contributed by atoms with Crippen LogP contribution in [0.3, 0.4) is 0 Å². The normalized spacial score (nSPS) is 23.1. The van der Waals surface area contributed by atoms with Crippen LogP contribution >= 0.6 is 12.4 Å². The van der Waals surface area contributed by atoms with Gasteiger partial charge in [-0.2, -0.15) is 0 Å². The van der Waals surface area contributed by atoms with E-state index < -0.39 is 0 Å². The van der Waals surface area contributed by atoms with Crippen molar-refractivity contribution in [3.05, 3.63) is 0 Å². The van der Waals surface area contributed by atoms with Crippen LogP contribution in [0.1, 0.15) is 77.0 Å². The highest BCUT2D eigenvalue weighted by Crippen LogP contribution is 2.38. The second-order valence-electron chi connectivity index (χ2n) is 8.89. The van der Waals surface area contributed by atoms with Crippen LogP contribution in [0.15, 0.2) is 0 Å². The molecule has 6 heteroatoms. The Morgan fingerprint density at radius 2 is 1.41 bits per heavy atom. The molecule has 0 aromatic heterocycles. The summed E-state index contributed by atoms with van der Waals surface area (Å²) in [6.07, 6.45) is 13.5. The Labute approximate surface area is 170 Å². The molecule has 0 bridgehead atoms. The second-order valence-corrected chi connectivity index (χ2v) is 8.89. The molecule has 27 heavy (non-hydrogen) atoms. The lowest BCUT2D eigenvalue weighted by molar-refractivity contribution is -0.141. The lowest BCUT2D eigenvalue weighted by atomic mass is 9.71. The topological polar surface area (TPSA) is 66.6 Å². The van der Waals surface area contributed by atoms with Gasteiger partial charge in [-0.05, 0) is 37.1 Å². The van der Waals surface area contributed by atoms with Crippen molar-refractivity contribution in [2.24, 2.45) is 17.1 Å². The van der Waals surface area contributed by atoms with Gasteiger partial charge in [0, 0.05) is 39.0 Å². The van der Waals surface area contributed by atoms with Crippen molar-refractivity contribution in [1.82, 2.24) is 9.80 Å². The van der Waals surface area contributed by atoms with Crippen LogP contribution in [0.4, 0.5) is 0 Å². The first kappa shape index (κ1) is 22.5. The van der Waals surface area contributed by atoms with Gasteiger partial charge in [-0.25, -0.2) is 0 Å². The van der Waals surface area contributed by atoms with Crippen LogP contribution in [0.2, 0.25) is 0 Å². The minimum atomic E-state index is 0. The number of amides is 2. The van der Waals surface area contributed by atoms with Gasteiger partial charge in [-0.15, -0.1) is 12.4 Å². The molecule has 2 saturated carbocycles. The molecule has 5 nitrogen and oxygen atoms in total. The van der Waals surface area contributed by atoms with E-state index in [-0.39, 0.29) is 29.6 Å². The Morgan fingerprint density at radius 3 is 1.96 bits per heavy atom. The van der Waals surface area contributed by atoms with E-state index in [0.29, 0.717) is 45.6 Å². The molecular weight excluding hydrogens is 362 g/mol. The molecule has 3 fully saturated rings. The maximum Gasteiger partial charge on any atom is 0.223 e. The standard InChI is InChI=1S/C21H37N3O2.ClH/c22-17-21(10-4-1-5-11-21)16-20(26)24-14-12-23(13-15-24)19(25)9-8-18-6-2-3-7-18;/h18H,1-17,22H2;1H. The van der Waals surface area contributed by atoms with Crippen LogP contribution in [0.5, 0.6) is 0 Å². The van der Waals surface area contributed by atoms with Gasteiger partial charge < -0.3 is 15.5 Å². The van der Waals surface area contributed by atoms with Crippen LogP contribution < -0.4 is 5.73 Å². The summed E-state index contributed by atoms with van der Waals surface area (Å²) in [5.41, 5.74) is 6.07. The first-order chi connectivity index (χ1) is 12.6. The molecule has 0 radical (unpaired) electrons. The SMILES string of the molecule is Cl.NCC1(CC(=O)N2CCN(C(=O)CCC3CCCC3)CC2)CCCCC1. The molecule has 0 aromatic carbocycles. The highest BCUT2D eigenvalue weighted by atomic mass is 35.5. The molecule has 0 unspecified atom stereocenters. The smallest absolute Gasteiger partial charge is 0.223 e. The van der Waals surface area contributed by atoms with Crippen LogP contribution in [-0.2, 0) is 9.59 Å². The van der Waals surface area contributed by atoms with E-state index in [9.17, 15) is 9.59 Å². The summed E-state index contributed by atoms with van der Waals surface area (Å²) in [7, 11) is 0. The molecule has 2 aliphatic carbocycles. The van der Waals surface area contributed by atoms with E-state index in [0.717, 1.165) is 25.2 Å². The number of hydrogen-bond acceptors (Lipinski definition) is 3. The van der Waals surface area contributed by atoms with Crippen LogP contribution in [0.25, 0.3) is 0 Å². The van der Waals surface area contributed by atoms with Crippen LogP contribution in [-0.4, -0.2) is 54.3 Å². The largest absolute Gasteiger partial charge is 0.339 e. The quantitative estimate of drug-likeness (QED) is 0.744. The summed E-state index contributed by atoms with van der Waals surface area (Å²) in [6, 6.07) is 0. The monoisotopic (exact) mass is 399 g/mol. The highest BCUT2D eigenvalue weighted by molar-refractivity contribution is 5.85. The average Bonchev–Trinajstić information content (AvgIpc) is 3.20. The first-order valence-corrected chi connectivity index (χ1v) is 10.9. The van der Waals surface area contributed by atoms with Crippen molar-refractivity contribution in [2.45, 2.75) is 77.0 Å². The fourth-order valence-corrected chi connectivity index (χ4v) is 5.18. The van der Waals surface area contributed by atoms with Crippen molar-refractivity contribution >= 4 is 24.2 Å². The number of nitrogens with zero attached hydrogens (tertiary/aromatic N) is 2. The molecule has 1 saturated heterocycles. The van der Waals surface area contributed by atoms with E-state index in [1.165, 1.54) is 44.9 Å². The van der Waals surface area contributed by atoms with E-state index in [2.05, 4.69) is 0 Å². The second kappa shape index (κ2) is 10.7. The zero-order valence-electron chi connectivity index (χ0n) is 16.8. The predicted molar refractivity (Wildman–Crippen MR) is 111 cm³/mol. The zero-order valence-corrected chi connectivity index (χ0v) is 17.6. The minimum Gasteiger partial charge on any atom is -0.339 e. The Balaban J connectivity index is 0.00000261. The highest BCUT2D eigenvalue weighted by Gasteiger charge is 2.35. The fourth-order valence-electron chi connectivity index (χ4n) is 5.18. The van der Waals surface area contributed by atoms with Gasteiger partial charge in [0.05, 0.1) is 0 Å². The summed E-state index contributed by atoms with van der Waals surface area (Å²) >= 11 is 0. The number of hydrogen-bond donors (Lipinski definition) is 1. The Bertz CT molecular complexity index is 480. The zero-order chi connectivity index (χ0) is 18.4. The number of carbonyl (C=O) groups excluding carboxylic acids is 2. The van der Waals surface area contributed by atoms with Gasteiger partial charge in [0.1, 0.15) is 0 Å². The third-order valence-electron chi connectivity index (χ3n) is 7.10.